The minimum Gasteiger partial charge on any atom is -0.379 e. The molecule has 1 aliphatic heterocycles. The molecule has 1 fully saturated rings. The average molecular weight is 406 g/mol. The number of hydrogen-bond acceptors (Lipinski definition) is 3. The van der Waals surface area contributed by atoms with Crippen LogP contribution < -0.4 is 5.32 Å². The van der Waals surface area contributed by atoms with Crippen LogP contribution in [0, 0.1) is 5.92 Å². The first kappa shape index (κ1) is 20.6. The van der Waals surface area contributed by atoms with Gasteiger partial charge in [0.05, 0.1) is 18.8 Å². The Kier molecular flexibility index (Phi) is 6.50. The smallest absolute Gasteiger partial charge is 0.253 e. The van der Waals surface area contributed by atoms with Gasteiger partial charge in [0.25, 0.3) is 5.91 Å². The standard InChI is InChI=1S/C25H31N3O2/c1-19(2)24(27-12-14-30-15-13-27)16-26-25(29)22-18-28(17-20-8-4-3-5-9-20)23-11-7-6-10-21(22)23/h3-11,18-19,24H,12-17H2,1-2H3,(H,26,29). The zero-order valence-electron chi connectivity index (χ0n) is 17.9. The monoisotopic (exact) mass is 405 g/mol. The van der Waals surface area contributed by atoms with Crippen LogP contribution in [0.3, 0.4) is 0 Å². The molecule has 2 heterocycles. The van der Waals surface area contributed by atoms with Gasteiger partial charge in [-0.05, 0) is 17.5 Å². The van der Waals surface area contributed by atoms with Gasteiger partial charge in [0.2, 0.25) is 0 Å². The van der Waals surface area contributed by atoms with Crippen molar-refractivity contribution in [1.29, 1.82) is 0 Å². The molecule has 1 N–H and O–H groups in total. The van der Waals surface area contributed by atoms with Gasteiger partial charge in [0, 0.05) is 49.3 Å². The van der Waals surface area contributed by atoms with Crippen LogP contribution in [0.15, 0.2) is 60.8 Å². The molecular weight excluding hydrogens is 374 g/mol. The second kappa shape index (κ2) is 9.45. The van der Waals surface area contributed by atoms with Gasteiger partial charge in [-0.15, -0.1) is 0 Å². The van der Waals surface area contributed by atoms with Gasteiger partial charge in [-0.3, -0.25) is 9.69 Å². The van der Waals surface area contributed by atoms with Crippen molar-refractivity contribution in [3.05, 3.63) is 71.9 Å². The molecule has 1 saturated heterocycles. The first-order valence-electron chi connectivity index (χ1n) is 10.9. The molecule has 5 nitrogen and oxygen atoms in total. The van der Waals surface area contributed by atoms with E-state index in [0.717, 1.165) is 49.3 Å². The third-order valence-corrected chi connectivity index (χ3v) is 5.98. The summed E-state index contributed by atoms with van der Waals surface area (Å²) in [4.78, 5) is 15.6. The second-order valence-electron chi connectivity index (χ2n) is 8.34. The maximum absolute atomic E-state index is 13.2. The van der Waals surface area contributed by atoms with Crippen molar-refractivity contribution >= 4 is 16.8 Å². The molecule has 3 aromatic rings. The molecule has 1 amide bonds. The zero-order chi connectivity index (χ0) is 20.9. The van der Waals surface area contributed by atoms with E-state index in [9.17, 15) is 4.79 Å². The minimum atomic E-state index is -0.00285. The molecule has 4 rings (SSSR count). The fraction of sp³-hybridized carbons (Fsp3) is 0.400. The van der Waals surface area contributed by atoms with Gasteiger partial charge in [-0.1, -0.05) is 62.4 Å². The minimum absolute atomic E-state index is 0.00285. The number of aromatic nitrogens is 1. The third kappa shape index (κ3) is 4.58. The zero-order valence-corrected chi connectivity index (χ0v) is 17.9. The predicted octanol–water partition coefficient (Wildman–Crippen LogP) is 3.78. The lowest BCUT2D eigenvalue weighted by Crippen LogP contribution is -2.51. The van der Waals surface area contributed by atoms with E-state index in [1.165, 1.54) is 5.56 Å². The van der Waals surface area contributed by atoms with E-state index >= 15 is 0 Å². The molecular formula is C25H31N3O2. The highest BCUT2D eigenvalue weighted by molar-refractivity contribution is 6.07. The van der Waals surface area contributed by atoms with Crippen molar-refractivity contribution in [3.8, 4) is 0 Å². The van der Waals surface area contributed by atoms with Crippen molar-refractivity contribution in [2.24, 2.45) is 5.92 Å². The molecule has 1 aliphatic rings. The van der Waals surface area contributed by atoms with E-state index in [4.69, 9.17) is 4.74 Å². The molecule has 0 aliphatic carbocycles. The van der Waals surface area contributed by atoms with Gasteiger partial charge < -0.3 is 14.6 Å². The Labute approximate surface area is 178 Å². The molecule has 0 spiro atoms. The molecule has 30 heavy (non-hydrogen) atoms. The van der Waals surface area contributed by atoms with Crippen molar-refractivity contribution in [2.45, 2.75) is 26.4 Å². The quantitative estimate of drug-likeness (QED) is 0.651. The van der Waals surface area contributed by atoms with Gasteiger partial charge in [-0.25, -0.2) is 0 Å². The molecule has 0 radical (unpaired) electrons. The van der Waals surface area contributed by atoms with Crippen molar-refractivity contribution in [3.63, 3.8) is 0 Å². The first-order valence-corrected chi connectivity index (χ1v) is 10.9. The molecule has 0 bridgehead atoms. The van der Waals surface area contributed by atoms with Gasteiger partial charge in [0.1, 0.15) is 0 Å². The number of benzene rings is 2. The summed E-state index contributed by atoms with van der Waals surface area (Å²) in [6.07, 6.45) is 1.99. The molecule has 0 saturated carbocycles. The fourth-order valence-corrected chi connectivity index (χ4v) is 4.33. The number of ether oxygens (including phenoxy) is 1. The summed E-state index contributed by atoms with van der Waals surface area (Å²) >= 11 is 0. The van der Waals surface area contributed by atoms with Crippen LogP contribution in [-0.2, 0) is 11.3 Å². The van der Waals surface area contributed by atoms with E-state index in [2.05, 4.69) is 46.8 Å². The highest BCUT2D eigenvalue weighted by atomic mass is 16.5. The maximum atomic E-state index is 13.2. The number of nitrogens with one attached hydrogen (secondary N) is 1. The number of rotatable bonds is 7. The summed E-state index contributed by atoms with van der Waals surface area (Å²) in [5.41, 5.74) is 3.04. The Morgan fingerprint density at radius 2 is 1.73 bits per heavy atom. The van der Waals surface area contributed by atoms with Crippen LogP contribution in [0.25, 0.3) is 10.9 Å². The summed E-state index contributed by atoms with van der Waals surface area (Å²) in [5.74, 6) is 0.458. The topological polar surface area (TPSA) is 46.5 Å². The second-order valence-corrected chi connectivity index (χ2v) is 8.34. The van der Waals surface area contributed by atoms with Crippen LogP contribution in [0.2, 0.25) is 0 Å². The highest BCUT2D eigenvalue weighted by Gasteiger charge is 2.25. The number of amides is 1. The Balaban J connectivity index is 1.52. The SMILES string of the molecule is CC(C)C(CNC(=O)c1cn(Cc2ccccc2)c2ccccc12)N1CCOCC1. The summed E-state index contributed by atoms with van der Waals surface area (Å²) < 4.78 is 7.66. The molecule has 158 valence electrons. The average Bonchev–Trinajstić information content (AvgIpc) is 3.14. The maximum Gasteiger partial charge on any atom is 0.253 e. The van der Waals surface area contributed by atoms with E-state index in [-0.39, 0.29) is 5.91 Å². The number of morpholine rings is 1. The number of para-hydroxylation sites is 1. The number of nitrogens with zero attached hydrogens (tertiary/aromatic N) is 2. The van der Waals surface area contributed by atoms with E-state index in [1.807, 2.05) is 42.6 Å². The summed E-state index contributed by atoms with van der Waals surface area (Å²) in [6.45, 7) is 9.22. The molecule has 1 unspecified atom stereocenters. The van der Waals surface area contributed by atoms with Crippen molar-refractivity contribution in [2.75, 3.05) is 32.8 Å². The lowest BCUT2D eigenvalue weighted by molar-refractivity contribution is 0.00673. The van der Waals surface area contributed by atoms with Gasteiger partial charge in [0.15, 0.2) is 0 Å². The molecule has 5 heteroatoms. The number of hydrogen-bond donors (Lipinski definition) is 1. The Morgan fingerprint density at radius 1 is 1.03 bits per heavy atom. The molecule has 1 atom stereocenters. The predicted molar refractivity (Wildman–Crippen MR) is 121 cm³/mol. The Bertz CT molecular complexity index is 974. The van der Waals surface area contributed by atoms with Crippen LogP contribution in [-0.4, -0.2) is 54.3 Å². The highest BCUT2D eigenvalue weighted by Crippen LogP contribution is 2.23. The van der Waals surface area contributed by atoms with E-state index in [1.54, 1.807) is 0 Å². The summed E-state index contributed by atoms with van der Waals surface area (Å²) in [6, 6.07) is 18.8. The number of carbonyl (C=O) groups is 1. The Morgan fingerprint density at radius 3 is 2.47 bits per heavy atom. The number of fused-ring (bicyclic) bond motifs is 1. The largest absolute Gasteiger partial charge is 0.379 e. The third-order valence-electron chi connectivity index (χ3n) is 5.98. The molecule has 1 aromatic heterocycles. The van der Waals surface area contributed by atoms with Crippen molar-refractivity contribution < 1.29 is 9.53 Å². The lowest BCUT2D eigenvalue weighted by atomic mass is 10.0. The van der Waals surface area contributed by atoms with Crippen LogP contribution in [0.5, 0.6) is 0 Å². The van der Waals surface area contributed by atoms with E-state index < -0.39 is 0 Å². The first-order chi connectivity index (χ1) is 14.6. The van der Waals surface area contributed by atoms with Crippen molar-refractivity contribution in [1.82, 2.24) is 14.8 Å². The van der Waals surface area contributed by atoms with Gasteiger partial charge >= 0.3 is 0 Å². The normalized spacial score (nSPS) is 16.1. The fourth-order valence-electron chi connectivity index (χ4n) is 4.33. The van der Waals surface area contributed by atoms with Crippen LogP contribution >= 0.6 is 0 Å². The van der Waals surface area contributed by atoms with E-state index in [0.29, 0.717) is 18.5 Å². The van der Waals surface area contributed by atoms with Gasteiger partial charge in [-0.2, -0.15) is 0 Å². The number of carbonyl (C=O) groups excluding carboxylic acids is 1. The Hall–Kier alpha value is -2.63. The molecule has 2 aromatic carbocycles. The summed E-state index contributed by atoms with van der Waals surface area (Å²) in [7, 11) is 0. The lowest BCUT2D eigenvalue weighted by Gasteiger charge is -2.36. The van der Waals surface area contributed by atoms with Crippen LogP contribution in [0.4, 0.5) is 0 Å². The van der Waals surface area contributed by atoms with Crippen LogP contribution in [0.1, 0.15) is 29.8 Å². The summed E-state index contributed by atoms with van der Waals surface area (Å²) in [5, 5.41) is 4.21.